The smallest absolute Gasteiger partial charge is 0.323 e. The van der Waals surface area contributed by atoms with Crippen LogP contribution in [0.1, 0.15) is 53.4 Å². The molecular formula is C13H24N2O2. The highest BCUT2D eigenvalue weighted by atomic mass is 16.4. The van der Waals surface area contributed by atoms with Crippen LogP contribution in [0.4, 0.5) is 0 Å². The number of rotatable bonds is 8. The van der Waals surface area contributed by atoms with E-state index < -0.39 is 11.5 Å². The lowest BCUT2D eigenvalue weighted by atomic mass is 9.89. The first-order chi connectivity index (χ1) is 7.77. The average Bonchev–Trinajstić information content (AvgIpc) is 2.25. The van der Waals surface area contributed by atoms with Gasteiger partial charge in [0.15, 0.2) is 0 Å². The summed E-state index contributed by atoms with van der Waals surface area (Å²) < 4.78 is 0. The van der Waals surface area contributed by atoms with Crippen molar-refractivity contribution in [1.29, 1.82) is 5.26 Å². The quantitative estimate of drug-likeness (QED) is 0.639. The summed E-state index contributed by atoms with van der Waals surface area (Å²) in [6.45, 7) is 8.12. The van der Waals surface area contributed by atoms with E-state index in [1.165, 1.54) is 0 Å². The Morgan fingerprint density at radius 3 is 2.35 bits per heavy atom. The third-order valence-corrected chi connectivity index (χ3v) is 3.02. The van der Waals surface area contributed by atoms with E-state index in [0.717, 1.165) is 19.3 Å². The van der Waals surface area contributed by atoms with Crippen molar-refractivity contribution in [3.05, 3.63) is 0 Å². The average molecular weight is 240 g/mol. The molecule has 0 aromatic rings. The molecule has 0 aromatic carbocycles. The van der Waals surface area contributed by atoms with Crippen molar-refractivity contribution < 1.29 is 9.90 Å². The van der Waals surface area contributed by atoms with Crippen LogP contribution in [0.2, 0.25) is 0 Å². The SMILES string of the molecule is CCCC(C)(NCCCC(C)(C)C#N)C(=O)O. The predicted molar refractivity (Wildman–Crippen MR) is 67.6 cm³/mol. The second-order valence-corrected chi connectivity index (χ2v) is 5.41. The Morgan fingerprint density at radius 2 is 1.94 bits per heavy atom. The molecule has 0 aromatic heterocycles. The first kappa shape index (κ1) is 15.9. The van der Waals surface area contributed by atoms with Crippen molar-refractivity contribution >= 4 is 5.97 Å². The van der Waals surface area contributed by atoms with Crippen LogP contribution in [0, 0.1) is 16.7 Å². The van der Waals surface area contributed by atoms with E-state index in [1.807, 2.05) is 20.8 Å². The van der Waals surface area contributed by atoms with Crippen molar-refractivity contribution in [2.45, 2.75) is 58.9 Å². The fourth-order valence-corrected chi connectivity index (χ4v) is 1.72. The van der Waals surface area contributed by atoms with Gasteiger partial charge < -0.3 is 10.4 Å². The second-order valence-electron chi connectivity index (χ2n) is 5.41. The van der Waals surface area contributed by atoms with Gasteiger partial charge in [0.2, 0.25) is 0 Å². The molecule has 0 amide bonds. The number of aliphatic carboxylic acids is 1. The Labute approximate surface area is 104 Å². The van der Waals surface area contributed by atoms with Gasteiger partial charge in [-0.05, 0) is 46.6 Å². The molecule has 0 heterocycles. The largest absolute Gasteiger partial charge is 0.480 e. The number of nitriles is 1. The molecule has 0 fully saturated rings. The third-order valence-electron chi connectivity index (χ3n) is 3.02. The minimum absolute atomic E-state index is 0.327. The molecule has 4 nitrogen and oxygen atoms in total. The third kappa shape index (κ3) is 5.69. The zero-order valence-electron chi connectivity index (χ0n) is 11.3. The van der Waals surface area contributed by atoms with Gasteiger partial charge >= 0.3 is 5.97 Å². The Bertz CT molecular complexity index is 294. The van der Waals surface area contributed by atoms with E-state index >= 15 is 0 Å². The minimum Gasteiger partial charge on any atom is -0.480 e. The molecule has 1 unspecified atom stereocenters. The Kier molecular flexibility index (Phi) is 6.19. The summed E-state index contributed by atoms with van der Waals surface area (Å²) in [4.78, 5) is 11.1. The molecule has 0 saturated heterocycles. The normalized spacial score (nSPS) is 15.0. The van der Waals surface area contributed by atoms with Crippen LogP contribution in [-0.4, -0.2) is 23.2 Å². The van der Waals surface area contributed by atoms with Crippen LogP contribution in [0.5, 0.6) is 0 Å². The number of hydrogen-bond donors (Lipinski definition) is 2. The maximum atomic E-state index is 11.1. The van der Waals surface area contributed by atoms with Crippen molar-refractivity contribution in [2.75, 3.05) is 6.54 Å². The van der Waals surface area contributed by atoms with E-state index in [1.54, 1.807) is 6.92 Å². The zero-order valence-corrected chi connectivity index (χ0v) is 11.3. The molecule has 1 atom stereocenters. The molecule has 0 aliphatic carbocycles. The molecule has 0 aliphatic rings. The first-order valence-electron chi connectivity index (χ1n) is 6.17. The van der Waals surface area contributed by atoms with Crippen LogP contribution >= 0.6 is 0 Å². The topological polar surface area (TPSA) is 73.1 Å². The van der Waals surface area contributed by atoms with Crippen molar-refractivity contribution in [3.63, 3.8) is 0 Å². The Balaban J connectivity index is 4.09. The molecule has 0 spiro atoms. The summed E-state index contributed by atoms with van der Waals surface area (Å²) in [5.74, 6) is -0.807. The second kappa shape index (κ2) is 6.61. The molecule has 98 valence electrons. The van der Waals surface area contributed by atoms with Crippen LogP contribution in [0.3, 0.4) is 0 Å². The molecule has 0 rings (SSSR count). The molecule has 0 radical (unpaired) electrons. The maximum absolute atomic E-state index is 11.1. The number of nitrogens with one attached hydrogen (secondary N) is 1. The molecule has 2 N–H and O–H groups in total. The summed E-state index contributed by atoms with van der Waals surface area (Å²) in [6, 6.07) is 2.24. The van der Waals surface area contributed by atoms with Gasteiger partial charge in [0.05, 0.1) is 11.5 Å². The molecule has 0 aliphatic heterocycles. The highest BCUT2D eigenvalue weighted by Crippen LogP contribution is 2.20. The summed E-state index contributed by atoms with van der Waals surface area (Å²) >= 11 is 0. The van der Waals surface area contributed by atoms with Crippen molar-refractivity contribution in [2.24, 2.45) is 5.41 Å². The van der Waals surface area contributed by atoms with Crippen LogP contribution < -0.4 is 5.32 Å². The molecule has 17 heavy (non-hydrogen) atoms. The standard InChI is InChI=1S/C13H24N2O2/c1-5-7-13(4,11(16)17)15-9-6-8-12(2,3)10-14/h15H,5-9H2,1-4H3,(H,16,17). The number of carboxylic acid groups (broad SMARTS) is 1. The lowest BCUT2D eigenvalue weighted by Gasteiger charge is -2.26. The number of carboxylic acids is 1. The zero-order chi connectivity index (χ0) is 13.5. The fraction of sp³-hybridized carbons (Fsp3) is 0.846. The van der Waals surface area contributed by atoms with E-state index in [-0.39, 0.29) is 5.41 Å². The molecule has 0 saturated carbocycles. The summed E-state index contributed by atoms with van der Waals surface area (Å²) in [5.41, 5.74) is -1.17. The van der Waals surface area contributed by atoms with Crippen LogP contribution in [-0.2, 0) is 4.79 Å². The molecule has 0 bridgehead atoms. The van der Waals surface area contributed by atoms with E-state index in [0.29, 0.717) is 13.0 Å². The fourth-order valence-electron chi connectivity index (χ4n) is 1.72. The van der Waals surface area contributed by atoms with Gasteiger partial charge in [0, 0.05) is 0 Å². The van der Waals surface area contributed by atoms with Gasteiger partial charge in [-0.25, -0.2) is 0 Å². The van der Waals surface area contributed by atoms with Gasteiger partial charge in [-0.15, -0.1) is 0 Å². The van der Waals surface area contributed by atoms with Crippen molar-refractivity contribution in [3.8, 4) is 6.07 Å². The minimum atomic E-state index is -0.842. The summed E-state index contributed by atoms with van der Waals surface area (Å²) in [7, 11) is 0. The van der Waals surface area contributed by atoms with Crippen molar-refractivity contribution in [1.82, 2.24) is 5.32 Å². The number of nitrogens with zero attached hydrogens (tertiary/aromatic N) is 1. The summed E-state index contributed by atoms with van der Waals surface area (Å²) in [5, 5.41) is 21.1. The van der Waals surface area contributed by atoms with Gasteiger partial charge in [-0.3, -0.25) is 4.79 Å². The van der Waals surface area contributed by atoms with Gasteiger partial charge in [-0.2, -0.15) is 5.26 Å². The first-order valence-corrected chi connectivity index (χ1v) is 6.17. The Hall–Kier alpha value is -1.08. The summed E-state index contributed by atoms with van der Waals surface area (Å²) in [6.07, 6.45) is 3.04. The van der Waals surface area contributed by atoms with Crippen LogP contribution in [0.25, 0.3) is 0 Å². The van der Waals surface area contributed by atoms with Gasteiger partial charge in [-0.1, -0.05) is 13.3 Å². The number of carbonyl (C=O) groups is 1. The van der Waals surface area contributed by atoms with E-state index in [9.17, 15) is 4.79 Å². The maximum Gasteiger partial charge on any atom is 0.323 e. The van der Waals surface area contributed by atoms with Gasteiger partial charge in [0.25, 0.3) is 0 Å². The number of hydrogen-bond acceptors (Lipinski definition) is 3. The van der Waals surface area contributed by atoms with E-state index in [2.05, 4.69) is 11.4 Å². The van der Waals surface area contributed by atoms with Crippen LogP contribution in [0.15, 0.2) is 0 Å². The Morgan fingerprint density at radius 1 is 1.35 bits per heavy atom. The lowest BCUT2D eigenvalue weighted by molar-refractivity contribution is -0.144. The molecular weight excluding hydrogens is 216 g/mol. The van der Waals surface area contributed by atoms with E-state index in [4.69, 9.17) is 10.4 Å². The highest BCUT2D eigenvalue weighted by molar-refractivity contribution is 5.78. The van der Waals surface area contributed by atoms with Gasteiger partial charge in [0.1, 0.15) is 5.54 Å². The monoisotopic (exact) mass is 240 g/mol. The molecule has 4 heteroatoms. The highest BCUT2D eigenvalue weighted by Gasteiger charge is 2.31. The predicted octanol–water partition coefficient (Wildman–Crippen LogP) is 2.55. The lowest BCUT2D eigenvalue weighted by Crippen LogP contribution is -2.49.